The summed E-state index contributed by atoms with van der Waals surface area (Å²) in [7, 11) is -13.4. The van der Waals surface area contributed by atoms with Gasteiger partial charge >= 0.3 is 5.97 Å². The van der Waals surface area contributed by atoms with Gasteiger partial charge in [0.05, 0.1) is 42.2 Å². The number of methoxy groups -OCH3 is 1. The van der Waals surface area contributed by atoms with E-state index in [0.29, 0.717) is 6.07 Å². The van der Waals surface area contributed by atoms with Crippen LogP contribution in [0.15, 0.2) is 112 Å². The van der Waals surface area contributed by atoms with E-state index in [-0.39, 0.29) is 86.6 Å². The van der Waals surface area contributed by atoms with Crippen molar-refractivity contribution in [1.29, 1.82) is 0 Å². The molecule has 0 fully saturated rings. The fraction of sp³-hybridized carbons (Fsp3) is 0.179. The van der Waals surface area contributed by atoms with E-state index in [9.17, 15) is 69.2 Å². The van der Waals surface area contributed by atoms with Gasteiger partial charge in [0.25, 0.3) is 30.4 Å². The monoisotopic (exact) mass is 1000 g/mol. The van der Waals surface area contributed by atoms with Crippen molar-refractivity contribution in [2.75, 3.05) is 33.5 Å². The average Bonchev–Trinajstić information content (AvgIpc) is 3.56. The van der Waals surface area contributed by atoms with Crippen molar-refractivity contribution in [1.82, 2.24) is 9.78 Å². The van der Waals surface area contributed by atoms with E-state index in [1.807, 2.05) is 0 Å². The molecule has 8 N–H and O–H groups in total. The molecule has 0 bridgehead atoms. The number of phenols is 1. The summed E-state index contributed by atoms with van der Waals surface area (Å²) in [6.07, 6.45) is 0. The quantitative estimate of drug-likeness (QED) is 0.0337. The van der Waals surface area contributed by atoms with Gasteiger partial charge in [0.1, 0.15) is 68.7 Å². The largest absolute Gasteiger partial charge is 0.505 e. The number of aromatic hydroxyl groups is 2. The number of azo groups is 3. The number of carboxylic acids is 1. The van der Waals surface area contributed by atoms with Gasteiger partial charge in [0.2, 0.25) is 5.88 Å². The molecule has 358 valence electrons. The number of nitrogens with zero attached hydrogens (tertiary/aromatic N) is 8. The molecule has 0 saturated carbocycles. The first-order valence-electron chi connectivity index (χ1n) is 18.9. The van der Waals surface area contributed by atoms with Crippen LogP contribution < -0.4 is 14.2 Å². The molecule has 68 heavy (non-hydrogen) atoms. The molecular formula is C39H36N8O18S3. The van der Waals surface area contributed by atoms with E-state index in [4.69, 9.17) is 14.2 Å². The normalized spacial score (nSPS) is 12.5. The molecule has 0 aliphatic heterocycles. The maximum absolute atomic E-state index is 12.8. The number of aromatic nitrogens is 2. The van der Waals surface area contributed by atoms with E-state index in [2.05, 4.69) is 35.8 Å². The lowest BCUT2D eigenvalue weighted by molar-refractivity contribution is 0.0697. The Morgan fingerprint density at radius 2 is 1.21 bits per heavy atom. The van der Waals surface area contributed by atoms with Crippen LogP contribution in [0.3, 0.4) is 0 Å². The van der Waals surface area contributed by atoms with Gasteiger partial charge in [-0.2, -0.15) is 35.0 Å². The second kappa shape index (κ2) is 19.8. The Morgan fingerprint density at radius 3 is 1.75 bits per heavy atom. The number of fused-ring (bicyclic) bond motifs is 1. The number of aliphatic hydroxyl groups excluding tert-OH is 2. The molecule has 0 radical (unpaired) electrons. The molecule has 29 heteroatoms. The molecule has 0 amide bonds. The maximum Gasteiger partial charge on any atom is 0.338 e. The molecule has 0 saturated heterocycles. The van der Waals surface area contributed by atoms with Crippen LogP contribution in [0.2, 0.25) is 0 Å². The third kappa shape index (κ3) is 10.8. The molecule has 5 aromatic carbocycles. The minimum Gasteiger partial charge on any atom is -0.505 e. The molecule has 0 aliphatic carbocycles. The predicted molar refractivity (Wildman–Crippen MR) is 234 cm³/mol. The standard InChI is InChI=1S/C39H36N8O18S3/c1-19-12-27(30(63-3)18-33(19)67(57,58)59)42-44-35-20(2)46-47(38(35)51)22-4-6-24-21(13-22)14-34(68(60,61)62)36(37(24)50)45-43-29-17-31(64-10-8-48)28(16-32(29)65-11-9-49)41-40-26-7-5-23(66(54,55)56)15-25(26)39(52)53/h4-7,12-18,48-51H,8-11H2,1-3H3,(H,52,53)(H,54,55,56)(H,57,58,59)(H,60,61,62)/b41-40+,44-42+,45-43+. The minimum absolute atomic E-state index is 0.0264. The predicted octanol–water partition coefficient (Wildman–Crippen LogP) is 6.49. The smallest absolute Gasteiger partial charge is 0.338 e. The summed E-state index contributed by atoms with van der Waals surface area (Å²) in [5.41, 5.74) is -2.07. The number of hydrogen-bond acceptors (Lipinski definition) is 21. The van der Waals surface area contributed by atoms with Crippen LogP contribution in [0.25, 0.3) is 16.5 Å². The third-order valence-corrected chi connectivity index (χ3v) is 12.0. The molecule has 0 atom stereocenters. The second-order valence-electron chi connectivity index (χ2n) is 13.9. The van der Waals surface area contributed by atoms with Crippen LogP contribution in [-0.2, 0) is 30.4 Å². The number of carbonyl (C=O) groups is 1. The topological polar surface area (TPSA) is 401 Å². The Bertz CT molecular complexity index is 3430. The van der Waals surface area contributed by atoms with Gasteiger partial charge in [0.15, 0.2) is 11.4 Å². The molecule has 0 unspecified atom stereocenters. The molecule has 6 aromatic rings. The van der Waals surface area contributed by atoms with Crippen LogP contribution in [0.5, 0.6) is 28.9 Å². The Balaban J connectivity index is 1.40. The number of benzene rings is 5. The number of ether oxygens (including phenoxy) is 3. The minimum atomic E-state index is -5.20. The van der Waals surface area contributed by atoms with Gasteiger partial charge in [-0.1, -0.05) is 0 Å². The van der Waals surface area contributed by atoms with Gasteiger partial charge in [-0.3, -0.25) is 13.7 Å². The zero-order valence-electron chi connectivity index (χ0n) is 35.1. The Labute approximate surface area is 384 Å². The SMILES string of the molecule is COc1cc(S(=O)(=O)O)c(C)cc1/N=N/c1c(C)nn(-c2ccc3c(O)c(/N=N/c4cc(OCCO)c(/N=N/c5ccc(S(=O)(=O)O)cc5C(=O)O)cc4OCCO)c(S(=O)(=O)O)cc3c2)c1O. The van der Waals surface area contributed by atoms with Gasteiger partial charge in [0, 0.05) is 23.6 Å². The summed E-state index contributed by atoms with van der Waals surface area (Å²) in [6, 6.07) is 11.9. The van der Waals surface area contributed by atoms with Crippen LogP contribution in [0, 0.1) is 13.8 Å². The molecule has 0 spiro atoms. The Morgan fingerprint density at radius 1 is 0.647 bits per heavy atom. The van der Waals surface area contributed by atoms with Crippen LogP contribution in [0.4, 0.5) is 34.1 Å². The first kappa shape index (κ1) is 49.9. The number of aliphatic hydroxyl groups is 2. The van der Waals surface area contributed by atoms with Crippen molar-refractivity contribution in [2.24, 2.45) is 30.7 Å². The van der Waals surface area contributed by atoms with E-state index in [0.717, 1.165) is 41.1 Å². The van der Waals surface area contributed by atoms with E-state index >= 15 is 0 Å². The number of aromatic carboxylic acids is 1. The van der Waals surface area contributed by atoms with Crippen molar-refractivity contribution in [3.63, 3.8) is 0 Å². The highest BCUT2D eigenvalue weighted by atomic mass is 32.2. The lowest BCUT2D eigenvalue weighted by Crippen LogP contribution is -2.04. The molecule has 26 nitrogen and oxygen atoms in total. The Kier molecular flexibility index (Phi) is 14.5. The van der Waals surface area contributed by atoms with Crippen LogP contribution >= 0.6 is 0 Å². The van der Waals surface area contributed by atoms with Crippen molar-refractivity contribution in [2.45, 2.75) is 28.5 Å². The van der Waals surface area contributed by atoms with E-state index in [1.54, 1.807) is 0 Å². The van der Waals surface area contributed by atoms with Crippen LogP contribution in [0.1, 0.15) is 21.6 Å². The summed E-state index contributed by atoms with van der Waals surface area (Å²) in [5, 5.41) is 79.4. The first-order valence-corrected chi connectivity index (χ1v) is 23.3. The first-order chi connectivity index (χ1) is 32.0. The number of phenolic OH excluding ortho intramolecular Hbond substituents is 1. The van der Waals surface area contributed by atoms with Crippen molar-refractivity contribution >= 4 is 81.2 Å². The van der Waals surface area contributed by atoms with Crippen molar-refractivity contribution < 1.29 is 83.4 Å². The highest BCUT2D eigenvalue weighted by molar-refractivity contribution is 7.86. The summed E-state index contributed by atoms with van der Waals surface area (Å²) < 4.78 is 119. The lowest BCUT2D eigenvalue weighted by atomic mass is 10.1. The molecule has 6 rings (SSSR count). The van der Waals surface area contributed by atoms with Crippen molar-refractivity contribution in [3.05, 3.63) is 83.6 Å². The summed E-state index contributed by atoms with van der Waals surface area (Å²) in [4.78, 5) is 9.80. The fourth-order valence-electron chi connectivity index (χ4n) is 6.23. The summed E-state index contributed by atoms with van der Waals surface area (Å²) >= 11 is 0. The lowest BCUT2D eigenvalue weighted by Gasteiger charge is -2.13. The third-order valence-electron chi connectivity index (χ3n) is 9.33. The molecule has 1 aromatic heterocycles. The summed E-state index contributed by atoms with van der Waals surface area (Å²) in [6.45, 7) is 1.09. The number of aryl methyl sites for hydroxylation is 2. The zero-order chi connectivity index (χ0) is 49.9. The van der Waals surface area contributed by atoms with Gasteiger partial charge in [-0.05, 0) is 73.3 Å². The highest BCUT2D eigenvalue weighted by Crippen LogP contribution is 2.46. The van der Waals surface area contributed by atoms with E-state index in [1.165, 1.54) is 45.2 Å². The fourth-order valence-corrected chi connectivity index (χ4v) is 8.11. The van der Waals surface area contributed by atoms with E-state index < -0.39 is 87.1 Å². The maximum atomic E-state index is 12.8. The van der Waals surface area contributed by atoms with Gasteiger partial charge < -0.3 is 39.7 Å². The molecular weight excluding hydrogens is 965 g/mol. The van der Waals surface area contributed by atoms with Gasteiger partial charge in [-0.25, -0.2) is 4.79 Å². The molecule has 0 aliphatic rings. The van der Waals surface area contributed by atoms with Crippen molar-refractivity contribution in [3.8, 4) is 34.6 Å². The zero-order valence-corrected chi connectivity index (χ0v) is 37.6. The number of carboxylic acid groups (broad SMARTS) is 1. The number of hydrogen-bond donors (Lipinski definition) is 8. The second-order valence-corrected chi connectivity index (χ2v) is 18.1. The van der Waals surface area contributed by atoms with Crippen LogP contribution in [-0.4, -0.2) is 114 Å². The average molecular weight is 1000 g/mol. The molecule has 1 heterocycles. The number of rotatable bonds is 18. The highest BCUT2D eigenvalue weighted by Gasteiger charge is 2.25. The van der Waals surface area contributed by atoms with Gasteiger partial charge in [-0.15, -0.1) is 30.7 Å². The summed E-state index contributed by atoms with van der Waals surface area (Å²) in [5.74, 6) is -3.51. The Hall–Kier alpha value is -7.51.